The first-order chi connectivity index (χ1) is 8.04. The van der Waals surface area contributed by atoms with Crippen molar-refractivity contribution in [2.24, 2.45) is 0 Å². The molecule has 0 aliphatic carbocycles. The number of amides is 1. The van der Waals surface area contributed by atoms with E-state index in [4.69, 9.17) is 5.11 Å². The summed E-state index contributed by atoms with van der Waals surface area (Å²) in [6.07, 6.45) is 0.771. The number of hydrogen-bond donors (Lipinski definition) is 3. The first-order valence-electron chi connectivity index (χ1n) is 5.49. The maximum absolute atomic E-state index is 13.3. The van der Waals surface area contributed by atoms with Crippen LogP contribution in [0.2, 0.25) is 0 Å². The van der Waals surface area contributed by atoms with E-state index in [1.165, 1.54) is 12.1 Å². The van der Waals surface area contributed by atoms with E-state index in [1.807, 2.05) is 6.92 Å². The SMILES string of the molecule is CCCC(O)CNC(=O)c1ccc(O)cc1F. The molecule has 0 spiro atoms. The molecule has 1 amide bonds. The van der Waals surface area contributed by atoms with E-state index in [0.717, 1.165) is 12.5 Å². The number of hydrogen-bond acceptors (Lipinski definition) is 3. The molecule has 0 bridgehead atoms. The zero-order chi connectivity index (χ0) is 12.8. The van der Waals surface area contributed by atoms with Crippen molar-refractivity contribution in [3.05, 3.63) is 29.6 Å². The monoisotopic (exact) mass is 241 g/mol. The summed E-state index contributed by atoms with van der Waals surface area (Å²) in [7, 11) is 0. The van der Waals surface area contributed by atoms with Gasteiger partial charge in [-0.15, -0.1) is 0 Å². The molecular weight excluding hydrogens is 225 g/mol. The van der Waals surface area contributed by atoms with Crippen molar-refractivity contribution in [1.29, 1.82) is 0 Å². The number of benzene rings is 1. The molecule has 94 valence electrons. The van der Waals surface area contributed by atoms with E-state index < -0.39 is 17.8 Å². The predicted molar refractivity (Wildman–Crippen MR) is 61.3 cm³/mol. The van der Waals surface area contributed by atoms with Crippen LogP contribution in [0, 0.1) is 5.82 Å². The lowest BCUT2D eigenvalue weighted by atomic mass is 10.1. The fourth-order valence-corrected chi connectivity index (χ4v) is 1.43. The van der Waals surface area contributed by atoms with Crippen LogP contribution in [0.15, 0.2) is 18.2 Å². The van der Waals surface area contributed by atoms with Crippen LogP contribution >= 0.6 is 0 Å². The summed E-state index contributed by atoms with van der Waals surface area (Å²) in [6, 6.07) is 3.31. The Bertz CT molecular complexity index is 395. The molecule has 1 unspecified atom stereocenters. The summed E-state index contributed by atoms with van der Waals surface area (Å²) in [4.78, 5) is 11.5. The van der Waals surface area contributed by atoms with E-state index in [-0.39, 0.29) is 17.9 Å². The standard InChI is InChI=1S/C12H16FNO3/c1-2-3-9(16)7-14-12(17)10-5-4-8(15)6-11(10)13/h4-6,9,15-16H,2-3,7H2,1H3,(H,14,17). The number of aromatic hydroxyl groups is 1. The summed E-state index contributed by atoms with van der Waals surface area (Å²) in [5, 5.41) is 20.8. The molecule has 4 nitrogen and oxygen atoms in total. The van der Waals surface area contributed by atoms with Crippen LogP contribution in [0.5, 0.6) is 5.75 Å². The van der Waals surface area contributed by atoms with Gasteiger partial charge in [0.1, 0.15) is 11.6 Å². The van der Waals surface area contributed by atoms with Crippen LogP contribution in [0.4, 0.5) is 4.39 Å². The van der Waals surface area contributed by atoms with Crippen LogP contribution in [-0.4, -0.2) is 28.8 Å². The number of carbonyl (C=O) groups excluding carboxylic acids is 1. The molecule has 3 N–H and O–H groups in total. The van der Waals surface area contributed by atoms with Crippen molar-refractivity contribution in [3.63, 3.8) is 0 Å². The fraction of sp³-hybridized carbons (Fsp3) is 0.417. The Balaban J connectivity index is 2.58. The highest BCUT2D eigenvalue weighted by atomic mass is 19.1. The Morgan fingerprint density at radius 3 is 2.82 bits per heavy atom. The van der Waals surface area contributed by atoms with Gasteiger partial charge in [-0.05, 0) is 18.6 Å². The minimum atomic E-state index is -0.785. The van der Waals surface area contributed by atoms with E-state index in [0.29, 0.717) is 6.42 Å². The molecule has 17 heavy (non-hydrogen) atoms. The maximum Gasteiger partial charge on any atom is 0.254 e. The van der Waals surface area contributed by atoms with Crippen LogP contribution in [0.25, 0.3) is 0 Å². The zero-order valence-electron chi connectivity index (χ0n) is 9.61. The maximum atomic E-state index is 13.3. The number of carbonyl (C=O) groups is 1. The highest BCUT2D eigenvalue weighted by Crippen LogP contribution is 2.14. The molecule has 0 aromatic heterocycles. The predicted octanol–water partition coefficient (Wildman–Crippen LogP) is 1.42. The molecule has 1 aromatic carbocycles. The van der Waals surface area contributed by atoms with Gasteiger partial charge in [0, 0.05) is 12.6 Å². The van der Waals surface area contributed by atoms with Crippen LogP contribution in [0.1, 0.15) is 30.1 Å². The minimum absolute atomic E-state index is 0.0903. The molecule has 0 radical (unpaired) electrons. The Hall–Kier alpha value is -1.62. The van der Waals surface area contributed by atoms with Gasteiger partial charge >= 0.3 is 0 Å². The number of phenols is 1. The van der Waals surface area contributed by atoms with E-state index in [1.54, 1.807) is 0 Å². The first-order valence-corrected chi connectivity index (χ1v) is 5.49. The number of halogens is 1. The Kier molecular flexibility index (Phi) is 4.90. The van der Waals surface area contributed by atoms with Gasteiger partial charge in [-0.25, -0.2) is 4.39 Å². The normalized spacial score (nSPS) is 12.2. The average molecular weight is 241 g/mol. The van der Waals surface area contributed by atoms with Crippen molar-refractivity contribution in [1.82, 2.24) is 5.32 Å². The van der Waals surface area contributed by atoms with Crippen molar-refractivity contribution >= 4 is 5.91 Å². The molecule has 0 heterocycles. The van der Waals surface area contributed by atoms with Gasteiger partial charge in [0.15, 0.2) is 0 Å². The molecule has 0 fully saturated rings. The lowest BCUT2D eigenvalue weighted by Crippen LogP contribution is -2.32. The third-order valence-electron chi connectivity index (χ3n) is 2.32. The first kappa shape index (κ1) is 13.4. The summed E-state index contributed by atoms with van der Waals surface area (Å²) in [6.45, 7) is 2.01. The lowest BCUT2D eigenvalue weighted by Gasteiger charge is -2.11. The van der Waals surface area contributed by atoms with Gasteiger partial charge in [-0.2, -0.15) is 0 Å². The number of nitrogens with one attached hydrogen (secondary N) is 1. The van der Waals surface area contributed by atoms with E-state index in [9.17, 15) is 14.3 Å². The van der Waals surface area contributed by atoms with Gasteiger partial charge < -0.3 is 15.5 Å². The quantitative estimate of drug-likeness (QED) is 0.730. The second kappa shape index (κ2) is 6.20. The minimum Gasteiger partial charge on any atom is -0.508 e. The van der Waals surface area contributed by atoms with Crippen molar-refractivity contribution in [2.75, 3.05) is 6.54 Å². The average Bonchev–Trinajstić information content (AvgIpc) is 2.26. The van der Waals surface area contributed by atoms with Gasteiger partial charge in [0.25, 0.3) is 5.91 Å². The highest BCUT2D eigenvalue weighted by molar-refractivity contribution is 5.94. The largest absolute Gasteiger partial charge is 0.508 e. The van der Waals surface area contributed by atoms with E-state index >= 15 is 0 Å². The second-order valence-electron chi connectivity index (χ2n) is 3.82. The fourth-order valence-electron chi connectivity index (χ4n) is 1.43. The van der Waals surface area contributed by atoms with Gasteiger partial charge in [-0.1, -0.05) is 13.3 Å². The van der Waals surface area contributed by atoms with Crippen molar-refractivity contribution < 1.29 is 19.4 Å². The molecule has 1 aromatic rings. The summed E-state index contributed by atoms with van der Waals surface area (Å²) >= 11 is 0. The molecule has 0 saturated carbocycles. The summed E-state index contributed by atoms with van der Waals surface area (Å²) < 4.78 is 13.3. The second-order valence-corrected chi connectivity index (χ2v) is 3.82. The Morgan fingerprint density at radius 2 is 2.24 bits per heavy atom. The number of aliphatic hydroxyl groups excluding tert-OH is 1. The van der Waals surface area contributed by atoms with Crippen molar-refractivity contribution in [3.8, 4) is 5.75 Å². The number of phenolic OH excluding ortho intramolecular Hbond substituents is 1. The molecule has 1 atom stereocenters. The molecule has 1 rings (SSSR count). The Morgan fingerprint density at radius 1 is 1.53 bits per heavy atom. The molecule has 0 saturated heterocycles. The third kappa shape index (κ3) is 4.03. The van der Waals surface area contributed by atoms with Gasteiger partial charge in [-0.3, -0.25) is 4.79 Å². The number of rotatable bonds is 5. The topological polar surface area (TPSA) is 69.6 Å². The molecular formula is C12H16FNO3. The van der Waals surface area contributed by atoms with Gasteiger partial charge in [0.2, 0.25) is 0 Å². The third-order valence-corrected chi connectivity index (χ3v) is 2.32. The van der Waals surface area contributed by atoms with Crippen molar-refractivity contribution in [2.45, 2.75) is 25.9 Å². The van der Waals surface area contributed by atoms with Crippen LogP contribution in [-0.2, 0) is 0 Å². The number of aliphatic hydroxyl groups is 1. The molecule has 0 aliphatic heterocycles. The van der Waals surface area contributed by atoms with Gasteiger partial charge in [0.05, 0.1) is 11.7 Å². The zero-order valence-corrected chi connectivity index (χ0v) is 9.61. The van der Waals surface area contributed by atoms with Crippen LogP contribution < -0.4 is 5.32 Å². The molecule has 5 heteroatoms. The highest BCUT2D eigenvalue weighted by Gasteiger charge is 2.13. The van der Waals surface area contributed by atoms with Crippen LogP contribution in [0.3, 0.4) is 0 Å². The van der Waals surface area contributed by atoms with E-state index in [2.05, 4.69) is 5.32 Å². The summed E-state index contributed by atoms with van der Waals surface area (Å²) in [5.41, 5.74) is -0.147. The smallest absolute Gasteiger partial charge is 0.254 e. The molecule has 0 aliphatic rings. The Labute approximate surface area is 99.1 Å². The summed E-state index contributed by atoms with van der Waals surface area (Å²) in [5.74, 6) is -1.62. The lowest BCUT2D eigenvalue weighted by molar-refractivity contribution is 0.0906.